The van der Waals surface area contributed by atoms with E-state index in [-0.39, 0.29) is 0 Å². The zero-order valence-corrected chi connectivity index (χ0v) is 8.34. The third-order valence-electron chi connectivity index (χ3n) is 2.00. The Kier molecular flexibility index (Phi) is 3.28. The predicted molar refractivity (Wildman–Crippen MR) is 61.1 cm³/mol. The molecule has 0 saturated heterocycles. The topological polar surface area (TPSA) is 34.5 Å². The number of nitrogens with zero attached hydrogens (tertiary/aromatic N) is 2. The van der Waals surface area contributed by atoms with Crippen LogP contribution in [0.25, 0.3) is 10.9 Å². The number of rotatable bonds is 0. The smallest absolute Gasteiger partial charge is 0.169 e. The highest BCUT2D eigenvalue weighted by Crippen LogP contribution is 2.07. The van der Waals surface area contributed by atoms with Crippen molar-refractivity contribution in [1.29, 1.82) is 0 Å². The highest BCUT2D eigenvalue weighted by atomic mass is 16.5. The van der Waals surface area contributed by atoms with Crippen molar-refractivity contribution in [3.05, 3.63) is 42.6 Å². The minimum Gasteiger partial charge on any atom is -0.482 e. The van der Waals surface area contributed by atoms with Crippen molar-refractivity contribution in [2.45, 2.75) is 0 Å². The summed E-state index contributed by atoms with van der Waals surface area (Å²) in [5.74, 6) is 0. The van der Waals surface area contributed by atoms with Crippen molar-refractivity contribution in [3.63, 3.8) is 0 Å². The summed E-state index contributed by atoms with van der Waals surface area (Å²) < 4.78 is 4.65. The summed E-state index contributed by atoms with van der Waals surface area (Å²) in [6.45, 7) is 1.62. The Hall–Kier alpha value is -1.90. The summed E-state index contributed by atoms with van der Waals surface area (Å²) in [5, 5.41) is 1.20. The molecule has 0 atom stereocenters. The van der Waals surface area contributed by atoms with E-state index in [1.54, 1.807) is 0 Å². The maximum atomic E-state index is 4.65. The molecular weight excluding hydrogens is 188 g/mol. The fourth-order valence-electron chi connectivity index (χ4n) is 1.28. The van der Waals surface area contributed by atoms with Crippen molar-refractivity contribution in [2.75, 3.05) is 13.2 Å². The van der Waals surface area contributed by atoms with Crippen molar-refractivity contribution >= 4 is 17.3 Å². The molecule has 3 nitrogen and oxygen atoms in total. The molecule has 0 amide bonds. The van der Waals surface area contributed by atoms with Gasteiger partial charge in [-0.05, 0) is 12.1 Å². The van der Waals surface area contributed by atoms with Gasteiger partial charge in [0.05, 0.1) is 12.1 Å². The number of ether oxygens (including phenoxy) is 1. The highest BCUT2D eigenvalue weighted by Gasteiger charge is 1.86. The summed E-state index contributed by atoms with van der Waals surface area (Å²) in [4.78, 5) is 7.92. The quantitative estimate of drug-likeness (QED) is 0.653. The van der Waals surface area contributed by atoms with Crippen LogP contribution in [-0.4, -0.2) is 24.5 Å². The maximum Gasteiger partial charge on any atom is 0.169 e. The van der Waals surface area contributed by atoms with Gasteiger partial charge in [-0.15, -0.1) is 0 Å². The van der Waals surface area contributed by atoms with E-state index in [0.29, 0.717) is 0 Å². The van der Waals surface area contributed by atoms with Gasteiger partial charge in [-0.1, -0.05) is 24.3 Å². The van der Waals surface area contributed by atoms with Crippen LogP contribution < -0.4 is 0 Å². The third-order valence-corrected chi connectivity index (χ3v) is 2.00. The first-order valence-corrected chi connectivity index (χ1v) is 4.86. The molecular formula is C12H12N2O. The number of aromatic nitrogens is 1. The Labute approximate surface area is 88.4 Å². The Morgan fingerprint density at radius 3 is 2.60 bits per heavy atom. The van der Waals surface area contributed by atoms with Crippen LogP contribution in [0.5, 0.6) is 0 Å². The van der Waals surface area contributed by atoms with Crippen molar-refractivity contribution < 1.29 is 4.74 Å². The van der Waals surface area contributed by atoms with E-state index in [1.807, 2.05) is 30.5 Å². The second-order valence-electron chi connectivity index (χ2n) is 3.08. The minimum atomic E-state index is 0.778. The number of pyridine rings is 1. The molecule has 0 spiro atoms. The van der Waals surface area contributed by atoms with Gasteiger partial charge in [0.25, 0.3) is 0 Å². The number of hydrogen-bond donors (Lipinski definition) is 0. The highest BCUT2D eigenvalue weighted by molar-refractivity contribution is 5.77. The SMILES string of the molecule is C1=NCCO1.c1ccc2ncccc2c1. The fourth-order valence-corrected chi connectivity index (χ4v) is 1.28. The molecule has 0 N–H and O–H groups in total. The molecule has 1 aliphatic rings. The van der Waals surface area contributed by atoms with Crippen molar-refractivity contribution in [1.82, 2.24) is 4.98 Å². The monoisotopic (exact) mass is 200 g/mol. The van der Waals surface area contributed by atoms with Crippen LogP contribution in [0.4, 0.5) is 0 Å². The number of aliphatic imine (C=N–C) groups is 1. The van der Waals surface area contributed by atoms with Gasteiger partial charge in [-0.3, -0.25) is 9.98 Å². The molecule has 0 fully saturated rings. The van der Waals surface area contributed by atoms with Crippen LogP contribution in [0.2, 0.25) is 0 Å². The van der Waals surface area contributed by atoms with E-state index in [9.17, 15) is 0 Å². The molecule has 1 aromatic carbocycles. The van der Waals surface area contributed by atoms with Crippen molar-refractivity contribution in [3.8, 4) is 0 Å². The summed E-state index contributed by atoms with van der Waals surface area (Å²) in [6.07, 6.45) is 3.29. The number of benzene rings is 1. The predicted octanol–water partition coefficient (Wildman–Crippen LogP) is 2.28. The first kappa shape index (κ1) is 9.65. The molecule has 2 aromatic rings. The lowest BCUT2D eigenvalue weighted by Gasteiger charge is -1.91. The number of fused-ring (bicyclic) bond motifs is 1. The van der Waals surface area contributed by atoms with Gasteiger partial charge in [0, 0.05) is 11.6 Å². The second-order valence-corrected chi connectivity index (χ2v) is 3.08. The van der Waals surface area contributed by atoms with Gasteiger partial charge in [0.1, 0.15) is 6.61 Å². The van der Waals surface area contributed by atoms with Gasteiger partial charge in [-0.2, -0.15) is 0 Å². The summed E-state index contributed by atoms with van der Waals surface area (Å²) in [7, 11) is 0. The van der Waals surface area contributed by atoms with E-state index >= 15 is 0 Å². The summed E-state index contributed by atoms with van der Waals surface area (Å²) >= 11 is 0. The maximum absolute atomic E-state index is 4.65. The molecule has 76 valence electrons. The van der Waals surface area contributed by atoms with E-state index < -0.39 is 0 Å². The van der Waals surface area contributed by atoms with Gasteiger partial charge in [-0.25, -0.2) is 0 Å². The first-order chi connectivity index (χ1) is 7.47. The van der Waals surface area contributed by atoms with Gasteiger partial charge in [0.15, 0.2) is 6.40 Å². The minimum absolute atomic E-state index is 0.778. The van der Waals surface area contributed by atoms with Gasteiger partial charge in [0.2, 0.25) is 0 Å². The van der Waals surface area contributed by atoms with Crippen LogP contribution >= 0.6 is 0 Å². The normalized spacial score (nSPS) is 13.1. The Balaban J connectivity index is 0.000000144. The Morgan fingerprint density at radius 1 is 1.07 bits per heavy atom. The molecule has 0 saturated carbocycles. The summed E-state index contributed by atoms with van der Waals surface area (Å²) in [5.41, 5.74) is 1.06. The van der Waals surface area contributed by atoms with Gasteiger partial charge >= 0.3 is 0 Å². The second kappa shape index (κ2) is 5.10. The lowest BCUT2D eigenvalue weighted by atomic mass is 10.2. The van der Waals surface area contributed by atoms with Crippen LogP contribution in [0, 0.1) is 0 Å². The molecule has 15 heavy (non-hydrogen) atoms. The lowest BCUT2D eigenvalue weighted by Crippen LogP contribution is -1.80. The molecule has 3 heteroatoms. The van der Waals surface area contributed by atoms with Crippen LogP contribution in [0.1, 0.15) is 0 Å². The molecule has 0 unspecified atom stereocenters. The molecule has 0 bridgehead atoms. The van der Waals surface area contributed by atoms with Crippen LogP contribution in [0.15, 0.2) is 47.6 Å². The van der Waals surface area contributed by atoms with Crippen LogP contribution in [0.3, 0.4) is 0 Å². The fraction of sp³-hybridized carbons (Fsp3) is 0.167. The summed E-state index contributed by atoms with van der Waals surface area (Å²) in [6, 6.07) is 12.1. The molecule has 2 heterocycles. The number of para-hydroxylation sites is 1. The van der Waals surface area contributed by atoms with Crippen molar-refractivity contribution in [2.24, 2.45) is 4.99 Å². The lowest BCUT2D eigenvalue weighted by molar-refractivity contribution is 0.361. The molecule has 3 rings (SSSR count). The Morgan fingerprint density at radius 2 is 1.93 bits per heavy atom. The van der Waals surface area contributed by atoms with Crippen LogP contribution in [-0.2, 0) is 4.74 Å². The van der Waals surface area contributed by atoms with Gasteiger partial charge < -0.3 is 4.74 Å². The third kappa shape index (κ3) is 2.77. The number of hydrogen-bond acceptors (Lipinski definition) is 3. The zero-order valence-electron chi connectivity index (χ0n) is 8.34. The molecule has 1 aliphatic heterocycles. The average Bonchev–Trinajstić information content (AvgIpc) is 2.88. The zero-order chi connectivity index (χ0) is 10.3. The first-order valence-electron chi connectivity index (χ1n) is 4.86. The Bertz CT molecular complexity index is 383. The van der Waals surface area contributed by atoms with E-state index in [0.717, 1.165) is 18.7 Å². The standard InChI is InChI=1S/C9H7N.C3H5NO/c1-2-6-9-8(4-1)5-3-7-10-9;1-2-5-3-4-1/h1-7H;3H,1-2H2. The molecule has 0 aliphatic carbocycles. The average molecular weight is 200 g/mol. The molecule has 0 radical (unpaired) electrons. The molecule has 1 aromatic heterocycles. The van der Waals surface area contributed by atoms with E-state index in [1.165, 1.54) is 11.8 Å². The largest absolute Gasteiger partial charge is 0.482 e. The van der Waals surface area contributed by atoms with E-state index in [2.05, 4.69) is 26.8 Å². The van der Waals surface area contributed by atoms with E-state index in [4.69, 9.17) is 0 Å².